The SMILES string of the molecule is Nc1cc(F)c(Oc2ccnc(N)c2Cl)cc1F. The Hall–Kier alpha value is -2.08. The molecular formula is C11H8ClF2N3O. The molecule has 0 spiro atoms. The highest BCUT2D eigenvalue weighted by Gasteiger charge is 2.13. The lowest BCUT2D eigenvalue weighted by Gasteiger charge is -2.10. The maximum absolute atomic E-state index is 13.5. The predicted octanol–water partition coefficient (Wildman–Crippen LogP) is 2.97. The Morgan fingerprint density at radius 1 is 1.11 bits per heavy atom. The molecule has 0 fully saturated rings. The number of anilines is 2. The minimum atomic E-state index is -0.805. The van der Waals surface area contributed by atoms with Crippen LogP contribution in [0.15, 0.2) is 24.4 Å². The van der Waals surface area contributed by atoms with E-state index in [4.69, 9.17) is 27.8 Å². The fraction of sp³-hybridized carbons (Fsp3) is 0. The summed E-state index contributed by atoms with van der Waals surface area (Å²) >= 11 is 5.81. The molecule has 0 amide bonds. The van der Waals surface area contributed by atoms with Crippen molar-refractivity contribution in [3.63, 3.8) is 0 Å². The third-order valence-corrected chi connectivity index (χ3v) is 2.53. The highest BCUT2D eigenvalue weighted by Crippen LogP contribution is 2.34. The molecule has 1 aromatic heterocycles. The number of nitrogens with two attached hydrogens (primary N) is 2. The van der Waals surface area contributed by atoms with Gasteiger partial charge in [0.05, 0.1) is 5.69 Å². The van der Waals surface area contributed by atoms with Crippen LogP contribution in [-0.4, -0.2) is 4.98 Å². The molecular weight excluding hydrogens is 264 g/mol. The van der Waals surface area contributed by atoms with E-state index < -0.39 is 11.6 Å². The van der Waals surface area contributed by atoms with Gasteiger partial charge >= 0.3 is 0 Å². The van der Waals surface area contributed by atoms with Crippen molar-refractivity contribution in [2.45, 2.75) is 0 Å². The van der Waals surface area contributed by atoms with Crippen LogP contribution in [0.4, 0.5) is 20.3 Å². The standard InChI is InChI=1S/C11H8ClF2N3O/c12-10-8(1-2-17-11(10)16)18-9-4-5(13)7(15)3-6(9)14/h1-4H,15H2,(H2,16,17). The van der Waals surface area contributed by atoms with E-state index in [-0.39, 0.29) is 28.0 Å². The van der Waals surface area contributed by atoms with Crippen molar-refractivity contribution in [1.29, 1.82) is 0 Å². The molecule has 2 rings (SSSR count). The molecule has 0 aliphatic rings. The summed E-state index contributed by atoms with van der Waals surface area (Å²) in [5, 5.41) is 0.0223. The van der Waals surface area contributed by atoms with Crippen molar-refractivity contribution >= 4 is 23.1 Å². The number of aromatic nitrogens is 1. The highest BCUT2D eigenvalue weighted by molar-refractivity contribution is 6.34. The van der Waals surface area contributed by atoms with Gasteiger partial charge in [0.1, 0.15) is 16.7 Å². The van der Waals surface area contributed by atoms with Crippen LogP contribution in [0.1, 0.15) is 0 Å². The highest BCUT2D eigenvalue weighted by atomic mass is 35.5. The van der Waals surface area contributed by atoms with Gasteiger partial charge in [-0.15, -0.1) is 0 Å². The zero-order valence-electron chi connectivity index (χ0n) is 8.95. The van der Waals surface area contributed by atoms with Gasteiger partial charge in [0, 0.05) is 24.4 Å². The van der Waals surface area contributed by atoms with Crippen molar-refractivity contribution in [2.75, 3.05) is 11.5 Å². The van der Waals surface area contributed by atoms with Gasteiger partial charge in [-0.05, 0) is 0 Å². The second-order valence-corrected chi connectivity index (χ2v) is 3.79. The minimum absolute atomic E-state index is 0.0223. The van der Waals surface area contributed by atoms with E-state index in [0.717, 1.165) is 12.1 Å². The first-order valence-electron chi connectivity index (χ1n) is 4.81. The third kappa shape index (κ3) is 2.28. The number of nitrogen functional groups attached to an aromatic ring is 2. The third-order valence-electron chi connectivity index (χ3n) is 2.15. The van der Waals surface area contributed by atoms with Gasteiger partial charge in [0.15, 0.2) is 17.3 Å². The molecule has 1 heterocycles. The maximum Gasteiger partial charge on any atom is 0.167 e. The lowest BCUT2D eigenvalue weighted by Crippen LogP contribution is -1.97. The van der Waals surface area contributed by atoms with E-state index in [1.54, 1.807) is 0 Å². The van der Waals surface area contributed by atoms with Crippen molar-refractivity contribution < 1.29 is 13.5 Å². The molecule has 0 unspecified atom stereocenters. The van der Waals surface area contributed by atoms with Crippen LogP contribution in [0.2, 0.25) is 5.02 Å². The first-order valence-corrected chi connectivity index (χ1v) is 5.19. The molecule has 0 radical (unpaired) electrons. The monoisotopic (exact) mass is 271 g/mol. The van der Waals surface area contributed by atoms with E-state index in [1.807, 2.05) is 0 Å². The maximum atomic E-state index is 13.5. The van der Waals surface area contributed by atoms with Gasteiger partial charge in [-0.1, -0.05) is 11.6 Å². The Labute approximate surface area is 106 Å². The Balaban J connectivity index is 2.40. The molecule has 0 atom stereocenters. The van der Waals surface area contributed by atoms with E-state index in [9.17, 15) is 8.78 Å². The number of halogens is 3. The van der Waals surface area contributed by atoms with Crippen molar-refractivity contribution in [1.82, 2.24) is 4.98 Å². The van der Waals surface area contributed by atoms with Gasteiger partial charge in [0.2, 0.25) is 0 Å². The number of hydrogen-bond donors (Lipinski definition) is 2. The van der Waals surface area contributed by atoms with E-state index in [2.05, 4.69) is 4.98 Å². The zero-order valence-corrected chi connectivity index (χ0v) is 9.71. The topological polar surface area (TPSA) is 74.2 Å². The summed E-state index contributed by atoms with van der Waals surface area (Å²) < 4.78 is 31.8. The number of hydrogen-bond acceptors (Lipinski definition) is 4. The second-order valence-electron chi connectivity index (χ2n) is 3.41. The van der Waals surface area contributed by atoms with Crippen LogP contribution < -0.4 is 16.2 Å². The second kappa shape index (κ2) is 4.66. The van der Waals surface area contributed by atoms with E-state index >= 15 is 0 Å². The Morgan fingerprint density at radius 3 is 2.56 bits per heavy atom. The molecule has 0 bridgehead atoms. The number of pyridine rings is 1. The molecule has 0 aliphatic heterocycles. The van der Waals surface area contributed by atoms with Gasteiger partial charge in [0.25, 0.3) is 0 Å². The quantitative estimate of drug-likeness (QED) is 0.824. The van der Waals surface area contributed by atoms with Crippen LogP contribution >= 0.6 is 11.6 Å². The Kier molecular flexibility index (Phi) is 3.20. The number of rotatable bonds is 2. The molecule has 7 heteroatoms. The van der Waals surface area contributed by atoms with Gasteiger partial charge in [-0.2, -0.15) is 0 Å². The van der Waals surface area contributed by atoms with Crippen LogP contribution in [0.25, 0.3) is 0 Å². The molecule has 4 nitrogen and oxygen atoms in total. The fourth-order valence-electron chi connectivity index (χ4n) is 1.26. The summed E-state index contributed by atoms with van der Waals surface area (Å²) in [5.41, 5.74) is 10.4. The zero-order chi connectivity index (χ0) is 13.3. The number of nitrogens with zero attached hydrogens (tertiary/aromatic N) is 1. The Morgan fingerprint density at radius 2 is 1.83 bits per heavy atom. The average molecular weight is 272 g/mol. The van der Waals surface area contributed by atoms with Gasteiger partial charge in [-0.3, -0.25) is 0 Å². The first-order chi connectivity index (χ1) is 8.49. The fourth-order valence-corrected chi connectivity index (χ4v) is 1.41. The van der Waals surface area contributed by atoms with Crippen LogP contribution in [0.5, 0.6) is 11.5 Å². The lowest BCUT2D eigenvalue weighted by molar-refractivity contribution is 0.437. The minimum Gasteiger partial charge on any atom is -0.452 e. The molecule has 18 heavy (non-hydrogen) atoms. The largest absolute Gasteiger partial charge is 0.452 e. The van der Waals surface area contributed by atoms with Crippen molar-refractivity contribution in [3.8, 4) is 11.5 Å². The first kappa shape index (κ1) is 12.4. The van der Waals surface area contributed by atoms with Gasteiger partial charge in [-0.25, -0.2) is 13.8 Å². The molecule has 0 aliphatic carbocycles. The van der Waals surface area contributed by atoms with Crippen LogP contribution in [-0.2, 0) is 0 Å². The molecule has 4 N–H and O–H groups in total. The van der Waals surface area contributed by atoms with E-state index in [0.29, 0.717) is 0 Å². The molecule has 2 aromatic rings. The molecule has 94 valence electrons. The van der Waals surface area contributed by atoms with Crippen molar-refractivity contribution in [2.24, 2.45) is 0 Å². The summed E-state index contributed by atoms with van der Waals surface area (Å²) in [6, 6.07) is 3.03. The number of benzene rings is 1. The van der Waals surface area contributed by atoms with Crippen molar-refractivity contribution in [3.05, 3.63) is 41.1 Å². The summed E-state index contributed by atoms with van der Waals surface area (Å²) in [4.78, 5) is 3.71. The summed E-state index contributed by atoms with van der Waals surface area (Å²) in [7, 11) is 0. The number of ether oxygens (including phenoxy) is 1. The normalized spacial score (nSPS) is 10.4. The molecule has 0 saturated carbocycles. The van der Waals surface area contributed by atoms with E-state index in [1.165, 1.54) is 12.3 Å². The Bertz CT molecular complexity index is 607. The predicted molar refractivity (Wildman–Crippen MR) is 64.5 cm³/mol. The van der Waals surface area contributed by atoms with Gasteiger partial charge < -0.3 is 16.2 Å². The van der Waals surface area contributed by atoms with Crippen LogP contribution in [0.3, 0.4) is 0 Å². The molecule has 0 saturated heterocycles. The lowest BCUT2D eigenvalue weighted by atomic mass is 10.3. The average Bonchev–Trinajstić information content (AvgIpc) is 2.32. The summed E-state index contributed by atoms with van der Waals surface area (Å²) in [6.07, 6.45) is 1.34. The molecule has 1 aromatic carbocycles. The smallest absolute Gasteiger partial charge is 0.167 e. The summed E-state index contributed by atoms with van der Waals surface area (Å²) in [5.74, 6) is -1.82. The van der Waals surface area contributed by atoms with Crippen LogP contribution in [0, 0.1) is 11.6 Å². The summed E-state index contributed by atoms with van der Waals surface area (Å²) in [6.45, 7) is 0.